The van der Waals surface area contributed by atoms with E-state index in [-0.39, 0.29) is 11.4 Å². The number of nitrogens with two attached hydrogens (primary N) is 1. The normalized spacial score (nSPS) is 10.9. The van der Waals surface area contributed by atoms with Crippen LogP contribution in [-0.4, -0.2) is 32.3 Å². The third kappa shape index (κ3) is 2.95. The Morgan fingerprint density at radius 1 is 1.35 bits per heavy atom. The topological polar surface area (TPSA) is 95.9 Å². The molecule has 0 aliphatic rings. The fourth-order valence-corrected chi connectivity index (χ4v) is 2.21. The molecule has 0 bridgehead atoms. The van der Waals surface area contributed by atoms with Crippen molar-refractivity contribution in [3.63, 3.8) is 0 Å². The maximum absolute atomic E-state index is 11.9. The van der Waals surface area contributed by atoms with E-state index in [1.165, 1.54) is 17.1 Å². The number of benzene rings is 1. The first-order chi connectivity index (χ1) is 11.1. The first kappa shape index (κ1) is 15.2. The van der Waals surface area contributed by atoms with Crippen LogP contribution in [0.4, 0.5) is 5.82 Å². The lowest BCUT2D eigenvalue weighted by Crippen LogP contribution is -2.10. The van der Waals surface area contributed by atoms with Crippen LogP contribution in [0.25, 0.3) is 16.9 Å². The second kappa shape index (κ2) is 6.21. The van der Waals surface area contributed by atoms with Crippen LogP contribution in [0.2, 0.25) is 5.02 Å². The van der Waals surface area contributed by atoms with E-state index in [0.717, 1.165) is 6.42 Å². The maximum atomic E-state index is 11.9. The molecular formula is C15H14ClN5O2. The van der Waals surface area contributed by atoms with Crippen molar-refractivity contribution >= 4 is 34.4 Å². The zero-order chi connectivity index (χ0) is 16.4. The van der Waals surface area contributed by atoms with Gasteiger partial charge in [0.25, 0.3) is 0 Å². The number of carbonyl (C=O) groups excluding carboxylic acids is 1. The smallest absolute Gasteiger partial charge is 0.343 e. The number of rotatable bonds is 4. The summed E-state index contributed by atoms with van der Waals surface area (Å²) in [5.74, 6) is 0.0664. The van der Waals surface area contributed by atoms with E-state index < -0.39 is 5.97 Å². The van der Waals surface area contributed by atoms with Crippen molar-refractivity contribution in [2.24, 2.45) is 0 Å². The van der Waals surface area contributed by atoms with Crippen LogP contribution in [0.15, 0.2) is 30.6 Å². The minimum Gasteiger partial charge on any atom is -0.462 e. The summed E-state index contributed by atoms with van der Waals surface area (Å²) < 4.78 is 6.42. The van der Waals surface area contributed by atoms with Crippen molar-refractivity contribution in [1.29, 1.82) is 0 Å². The molecule has 7 nitrogen and oxygen atoms in total. The van der Waals surface area contributed by atoms with Crippen molar-refractivity contribution in [2.75, 3.05) is 12.3 Å². The standard InChI is InChI=1S/C15H14ClN5O2/c1-2-5-23-15(22)10-7-19-21(14(10)17)13-8-18-12-6-9(16)3-4-11(12)20-13/h3-4,6-8H,2,5,17H2,1H3. The Kier molecular flexibility index (Phi) is 4.12. The maximum Gasteiger partial charge on any atom is 0.343 e. The molecule has 0 spiro atoms. The van der Waals surface area contributed by atoms with Gasteiger partial charge in [0.1, 0.15) is 11.4 Å². The Labute approximate surface area is 137 Å². The van der Waals surface area contributed by atoms with Crippen molar-refractivity contribution in [3.8, 4) is 5.82 Å². The molecule has 0 amide bonds. The fourth-order valence-electron chi connectivity index (χ4n) is 2.05. The Bertz CT molecular complexity index is 877. The van der Waals surface area contributed by atoms with E-state index in [1.54, 1.807) is 18.2 Å². The molecule has 0 atom stereocenters. The summed E-state index contributed by atoms with van der Waals surface area (Å²) in [7, 11) is 0. The average molecular weight is 332 g/mol. The van der Waals surface area contributed by atoms with Crippen LogP contribution in [0.1, 0.15) is 23.7 Å². The van der Waals surface area contributed by atoms with Gasteiger partial charge in [-0.05, 0) is 24.6 Å². The zero-order valence-corrected chi connectivity index (χ0v) is 13.1. The summed E-state index contributed by atoms with van der Waals surface area (Å²) in [4.78, 5) is 20.6. The molecule has 0 aliphatic carbocycles. The first-order valence-electron chi connectivity index (χ1n) is 7.03. The third-order valence-corrected chi connectivity index (χ3v) is 3.41. The molecule has 0 radical (unpaired) electrons. The largest absolute Gasteiger partial charge is 0.462 e. The van der Waals surface area contributed by atoms with E-state index in [0.29, 0.717) is 28.5 Å². The molecule has 118 valence electrons. The summed E-state index contributed by atoms with van der Waals surface area (Å²) in [6.45, 7) is 2.25. The van der Waals surface area contributed by atoms with Gasteiger partial charge in [-0.3, -0.25) is 4.98 Å². The summed E-state index contributed by atoms with van der Waals surface area (Å²) in [6.07, 6.45) is 3.61. The van der Waals surface area contributed by atoms with Gasteiger partial charge in [-0.1, -0.05) is 18.5 Å². The highest BCUT2D eigenvalue weighted by Crippen LogP contribution is 2.20. The lowest BCUT2D eigenvalue weighted by molar-refractivity contribution is 0.0506. The number of aromatic nitrogens is 4. The van der Waals surface area contributed by atoms with E-state index in [9.17, 15) is 4.79 Å². The molecule has 0 unspecified atom stereocenters. The van der Waals surface area contributed by atoms with Gasteiger partial charge in [-0.2, -0.15) is 9.78 Å². The Morgan fingerprint density at radius 3 is 2.96 bits per heavy atom. The number of carbonyl (C=O) groups is 1. The number of nitrogens with zero attached hydrogens (tertiary/aromatic N) is 4. The van der Waals surface area contributed by atoms with Crippen molar-refractivity contribution in [2.45, 2.75) is 13.3 Å². The lowest BCUT2D eigenvalue weighted by atomic mass is 10.3. The van der Waals surface area contributed by atoms with Gasteiger partial charge >= 0.3 is 5.97 Å². The summed E-state index contributed by atoms with van der Waals surface area (Å²) in [6, 6.07) is 5.19. The van der Waals surface area contributed by atoms with E-state index in [2.05, 4.69) is 15.1 Å². The van der Waals surface area contributed by atoms with Crippen molar-refractivity contribution in [3.05, 3.63) is 41.2 Å². The van der Waals surface area contributed by atoms with Crippen LogP contribution in [0.5, 0.6) is 0 Å². The molecule has 0 saturated carbocycles. The number of anilines is 1. The third-order valence-electron chi connectivity index (χ3n) is 3.17. The van der Waals surface area contributed by atoms with Gasteiger partial charge in [0.2, 0.25) is 0 Å². The molecule has 8 heteroatoms. The summed E-state index contributed by atoms with van der Waals surface area (Å²) in [5.41, 5.74) is 7.50. The molecule has 3 rings (SSSR count). The predicted octanol–water partition coefficient (Wildman–Crippen LogP) is 2.62. The Balaban J connectivity index is 1.97. The average Bonchev–Trinajstić information content (AvgIpc) is 2.93. The number of ether oxygens (including phenoxy) is 1. The van der Waals surface area contributed by atoms with Gasteiger partial charge in [0.05, 0.1) is 30.0 Å². The highest BCUT2D eigenvalue weighted by molar-refractivity contribution is 6.31. The molecule has 1 aromatic carbocycles. The minimum absolute atomic E-state index is 0.161. The van der Waals surface area contributed by atoms with Gasteiger partial charge < -0.3 is 10.5 Å². The minimum atomic E-state index is -0.504. The van der Waals surface area contributed by atoms with Crippen molar-refractivity contribution in [1.82, 2.24) is 19.7 Å². The van der Waals surface area contributed by atoms with E-state index in [4.69, 9.17) is 22.1 Å². The Hall–Kier alpha value is -2.67. The van der Waals surface area contributed by atoms with Gasteiger partial charge in [0.15, 0.2) is 5.82 Å². The lowest BCUT2D eigenvalue weighted by Gasteiger charge is -2.06. The van der Waals surface area contributed by atoms with E-state index >= 15 is 0 Å². The number of fused-ring (bicyclic) bond motifs is 1. The van der Waals surface area contributed by atoms with Gasteiger partial charge in [0, 0.05) is 5.02 Å². The second-order valence-corrected chi connectivity index (χ2v) is 5.29. The van der Waals surface area contributed by atoms with Gasteiger partial charge in [-0.15, -0.1) is 0 Å². The molecule has 2 aromatic heterocycles. The SMILES string of the molecule is CCCOC(=O)c1cnn(-c2cnc3cc(Cl)ccc3n2)c1N. The zero-order valence-electron chi connectivity index (χ0n) is 12.4. The van der Waals surface area contributed by atoms with Crippen molar-refractivity contribution < 1.29 is 9.53 Å². The van der Waals surface area contributed by atoms with Gasteiger partial charge in [-0.25, -0.2) is 9.78 Å². The Morgan fingerprint density at radius 2 is 2.17 bits per heavy atom. The summed E-state index contributed by atoms with van der Waals surface area (Å²) in [5, 5.41) is 4.68. The van der Waals surface area contributed by atoms with Crippen LogP contribution in [0, 0.1) is 0 Å². The first-order valence-corrected chi connectivity index (χ1v) is 7.41. The number of halogens is 1. The quantitative estimate of drug-likeness (QED) is 0.738. The highest BCUT2D eigenvalue weighted by Gasteiger charge is 2.18. The molecule has 0 aliphatic heterocycles. The summed E-state index contributed by atoms with van der Waals surface area (Å²) >= 11 is 5.92. The molecule has 0 saturated heterocycles. The van der Waals surface area contributed by atoms with Crippen LogP contribution < -0.4 is 5.73 Å². The van der Waals surface area contributed by atoms with Crippen LogP contribution in [-0.2, 0) is 4.74 Å². The molecule has 0 fully saturated rings. The number of nitrogen functional groups attached to an aromatic ring is 1. The van der Waals surface area contributed by atoms with E-state index in [1.807, 2.05) is 6.92 Å². The molecule has 2 heterocycles. The highest BCUT2D eigenvalue weighted by atomic mass is 35.5. The monoisotopic (exact) mass is 331 g/mol. The molecular weight excluding hydrogens is 318 g/mol. The number of esters is 1. The predicted molar refractivity (Wildman–Crippen MR) is 86.7 cm³/mol. The van der Waals surface area contributed by atoms with Crippen LogP contribution in [0.3, 0.4) is 0 Å². The van der Waals surface area contributed by atoms with Crippen LogP contribution >= 0.6 is 11.6 Å². The number of hydrogen-bond donors (Lipinski definition) is 1. The molecule has 2 N–H and O–H groups in total. The second-order valence-electron chi connectivity index (χ2n) is 4.85. The molecule has 23 heavy (non-hydrogen) atoms. The fraction of sp³-hybridized carbons (Fsp3) is 0.200. The molecule has 3 aromatic rings. The number of hydrogen-bond acceptors (Lipinski definition) is 6.